The van der Waals surface area contributed by atoms with Gasteiger partial charge in [-0.3, -0.25) is 0 Å². The van der Waals surface area contributed by atoms with E-state index < -0.39 is 6.10 Å². The quantitative estimate of drug-likeness (QED) is 0.915. The van der Waals surface area contributed by atoms with Crippen LogP contribution in [-0.4, -0.2) is 11.7 Å². The smallest absolute Gasteiger partial charge is 0.167 e. The number of aliphatic hydroxyl groups is 1. The molecule has 0 aliphatic carbocycles. The molecule has 2 nitrogen and oxygen atoms in total. The van der Waals surface area contributed by atoms with Crippen molar-refractivity contribution >= 4 is 0 Å². The van der Waals surface area contributed by atoms with Crippen LogP contribution in [-0.2, 0) is 0 Å². The van der Waals surface area contributed by atoms with E-state index in [0.29, 0.717) is 5.56 Å². The Morgan fingerprint density at radius 1 is 1.05 bits per heavy atom. The third-order valence-corrected chi connectivity index (χ3v) is 3.62. The summed E-state index contributed by atoms with van der Waals surface area (Å²) in [5, 5.41) is 10.3. The zero-order chi connectivity index (χ0) is 15.6. The van der Waals surface area contributed by atoms with Crippen molar-refractivity contribution in [2.24, 2.45) is 0 Å². The Morgan fingerprint density at radius 3 is 2.29 bits per heavy atom. The molecule has 0 spiro atoms. The van der Waals surface area contributed by atoms with Crippen LogP contribution < -0.4 is 4.74 Å². The highest BCUT2D eigenvalue weighted by Gasteiger charge is 2.16. The van der Waals surface area contributed by atoms with Gasteiger partial charge in [-0.15, -0.1) is 0 Å². The van der Waals surface area contributed by atoms with Crippen molar-refractivity contribution in [3.05, 3.63) is 64.0 Å². The Hall–Kier alpha value is -1.87. The van der Waals surface area contributed by atoms with E-state index >= 15 is 0 Å². The van der Waals surface area contributed by atoms with E-state index in [4.69, 9.17) is 4.74 Å². The molecule has 21 heavy (non-hydrogen) atoms. The summed E-state index contributed by atoms with van der Waals surface area (Å²) in [6.45, 7) is 7.67. The molecule has 0 fully saturated rings. The van der Waals surface area contributed by atoms with Gasteiger partial charge >= 0.3 is 0 Å². The van der Waals surface area contributed by atoms with E-state index in [0.717, 1.165) is 22.3 Å². The summed E-state index contributed by atoms with van der Waals surface area (Å²) in [5.41, 5.74) is 4.59. The minimum absolute atomic E-state index is 0.0329. The van der Waals surface area contributed by atoms with Gasteiger partial charge in [0.1, 0.15) is 12.7 Å². The van der Waals surface area contributed by atoms with Crippen LogP contribution in [0.4, 0.5) is 4.39 Å². The lowest BCUT2D eigenvalue weighted by Gasteiger charge is -2.18. The van der Waals surface area contributed by atoms with E-state index in [1.54, 1.807) is 25.1 Å². The first kappa shape index (κ1) is 15.5. The molecule has 0 saturated carbocycles. The first-order valence-electron chi connectivity index (χ1n) is 7.04. The number of aryl methyl sites for hydroxylation is 4. The first-order chi connectivity index (χ1) is 9.90. The highest BCUT2D eigenvalue weighted by Crippen LogP contribution is 2.26. The zero-order valence-electron chi connectivity index (χ0n) is 12.9. The van der Waals surface area contributed by atoms with Gasteiger partial charge in [0, 0.05) is 0 Å². The number of hydrogen-bond donors (Lipinski definition) is 1. The van der Waals surface area contributed by atoms with Crippen LogP contribution >= 0.6 is 0 Å². The second kappa shape index (κ2) is 6.27. The molecule has 0 aliphatic heterocycles. The standard InChI is InChI=1S/C18H21FO2/c1-11-8-13(3)17(14(4)9-11)15(20)10-21-16-7-5-6-12(2)18(16)19/h5-9,15,20H,10H2,1-4H3. The maximum Gasteiger partial charge on any atom is 0.167 e. The lowest BCUT2D eigenvalue weighted by molar-refractivity contribution is 0.104. The van der Waals surface area contributed by atoms with Crippen LogP contribution in [0, 0.1) is 33.5 Å². The van der Waals surface area contributed by atoms with Crippen LogP contribution in [0.15, 0.2) is 30.3 Å². The lowest BCUT2D eigenvalue weighted by atomic mass is 9.96. The van der Waals surface area contributed by atoms with Crippen LogP contribution in [0.25, 0.3) is 0 Å². The predicted molar refractivity (Wildman–Crippen MR) is 82.2 cm³/mol. The first-order valence-corrected chi connectivity index (χ1v) is 7.04. The number of aliphatic hydroxyl groups excluding tert-OH is 1. The van der Waals surface area contributed by atoms with Gasteiger partial charge in [-0.1, -0.05) is 29.8 Å². The summed E-state index contributed by atoms with van der Waals surface area (Å²) in [4.78, 5) is 0. The zero-order valence-corrected chi connectivity index (χ0v) is 12.9. The average molecular weight is 288 g/mol. The second-order valence-electron chi connectivity index (χ2n) is 5.53. The van der Waals surface area contributed by atoms with Crippen molar-refractivity contribution in [3.63, 3.8) is 0 Å². The third-order valence-electron chi connectivity index (χ3n) is 3.62. The fourth-order valence-corrected chi connectivity index (χ4v) is 2.70. The van der Waals surface area contributed by atoms with Crippen molar-refractivity contribution in [1.82, 2.24) is 0 Å². The van der Waals surface area contributed by atoms with Gasteiger partial charge in [0.25, 0.3) is 0 Å². The molecule has 1 unspecified atom stereocenters. The molecule has 112 valence electrons. The Morgan fingerprint density at radius 2 is 1.67 bits per heavy atom. The lowest BCUT2D eigenvalue weighted by Crippen LogP contribution is -2.13. The maximum atomic E-state index is 13.9. The van der Waals surface area contributed by atoms with Crippen LogP contribution in [0.1, 0.15) is 33.9 Å². The summed E-state index contributed by atoms with van der Waals surface area (Å²) in [6, 6.07) is 9.05. The third kappa shape index (κ3) is 3.42. The molecule has 0 aliphatic rings. The van der Waals surface area contributed by atoms with E-state index in [1.165, 1.54) is 0 Å². The van der Waals surface area contributed by atoms with Gasteiger partial charge < -0.3 is 9.84 Å². The van der Waals surface area contributed by atoms with E-state index in [9.17, 15) is 9.50 Å². The molecule has 0 radical (unpaired) electrons. The van der Waals surface area contributed by atoms with Crippen molar-refractivity contribution < 1.29 is 14.2 Å². The number of ether oxygens (including phenoxy) is 1. The highest BCUT2D eigenvalue weighted by atomic mass is 19.1. The maximum absolute atomic E-state index is 13.9. The van der Waals surface area contributed by atoms with Crippen molar-refractivity contribution in [2.45, 2.75) is 33.8 Å². The molecule has 3 heteroatoms. The number of hydrogen-bond acceptors (Lipinski definition) is 2. The second-order valence-corrected chi connectivity index (χ2v) is 5.53. The highest BCUT2D eigenvalue weighted by molar-refractivity contribution is 5.39. The fraction of sp³-hybridized carbons (Fsp3) is 0.333. The summed E-state index contributed by atoms with van der Waals surface area (Å²) >= 11 is 0. The molecular weight excluding hydrogens is 267 g/mol. The van der Waals surface area contributed by atoms with Crippen molar-refractivity contribution in [3.8, 4) is 5.75 Å². The minimum Gasteiger partial charge on any atom is -0.487 e. The topological polar surface area (TPSA) is 29.5 Å². The van der Waals surface area contributed by atoms with Crippen LogP contribution in [0.5, 0.6) is 5.75 Å². The monoisotopic (exact) mass is 288 g/mol. The van der Waals surface area contributed by atoms with Gasteiger partial charge in [0.05, 0.1) is 0 Å². The molecule has 0 aromatic heterocycles. The number of benzene rings is 2. The molecule has 0 saturated heterocycles. The Bertz CT molecular complexity index is 627. The fourth-order valence-electron chi connectivity index (χ4n) is 2.70. The van der Waals surface area contributed by atoms with Gasteiger partial charge in [-0.25, -0.2) is 4.39 Å². The van der Waals surface area contributed by atoms with Gasteiger partial charge in [0.15, 0.2) is 11.6 Å². The Kier molecular flexibility index (Phi) is 4.63. The van der Waals surface area contributed by atoms with Crippen molar-refractivity contribution in [1.29, 1.82) is 0 Å². The Balaban J connectivity index is 2.16. The summed E-state index contributed by atoms with van der Waals surface area (Å²) in [5.74, 6) is -0.196. The molecule has 2 aromatic rings. The normalized spacial score (nSPS) is 12.3. The van der Waals surface area contributed by atoms with Gasteiger partial charge in [0.2, 0.25) is 0 Å². The molecule has 1 atom stereocenters. The summed E-state index contributed by atoms with van der Waals surface area (Å²) < 4.78 is 19.3. The van der Waals surface area contributed by atoms with Crippen LogP contribution in [0.3, 0.4) is 0 Å². The molecule has 1 N–H and O–H groups in total. The largest absolute Gasteiger partial charge is 0.487 e. The van der Waals surface area contributed by atoms with Gasteiger partial charge in [-0.05, 0) is 56.0 Å². The predicted octanol–water partition coefficient (Wildman–Crippen LogP) is 4.17. The molecule has 2 aromatic carbocycles. The molecular formula is C18H21FO2. The number of halogens is 1. The number of rotatable bonds is 4. The van der Waals surface area contributed by atoms with E-state index in [2.05, 4.69) is 0 Å². The summed E-state index contributed by atoms with van der Waals surface area (Å²) in [7, 11) is 0. The van der Waals surface area contributed by atoms with Gasteiger partial charge in [-0.2, -0.15) is 0 Å². The minimum atomic E-state index is -0.773. The summed E-state index contributed by atoms with van der Waals surface area (Å²) in [6.07, 6.45) is -0.773. The van der Waals surface area contributed by atoms with E-state index in [-0.39, 0.29) is 18.2 Å². The average Bonchev–Trinajstić information content (AvgIpc) is 2.39. The molecule has 0 amide bonds. The van der Waals surface area contributed by atoms with Crippen molar-refractivity contribution in [2.75, 3.05) is 6.61 Å². The molecule has 0 heterocycles. The van der Waals surface area contributed by atoms with E-state index in [1.807, 2.05) is 32.9 Å². The van der Waals surface area contributed by atoms with Crippen LogP contribution in [0.2, 0.25) is 0 Å². The molecule has 0 bridgehead atoms. The molecule has 2 rings (SSSR count). The SMILES string of the molecule is Cc1cc(C)c(C(O)COc2cccc(C)c2F)c(C)c1. The Labute approximate surface area is 125 Å².